The van der Waals surface area contributed by atoms with E-state index in [1.807, 2.05) is 105 Å². The summed E-state index contributed by atoms with van der Waals surface area (Å²) in [5.41, 5.74) is 5.04. The summed E-state index contributed by atoms with van der Waals surface area (Å²) < 4.78 is 6.12. The molecule has 5 aromatic rings. The van der Waals surface area contributed by atoms with Gasteiger partial charge in [0, 0.05) is 51.5 Å². The number of carbonyl (C=O) groups excluding carboxylic acids is 2. The molecule has 0 saturated carbocycles. The molecular formula is C36H29N3O4. The predicted molar refractivity (Wildman–Crippen MR) is 169 cm³/mol. The lowest BCUT2D eigenvalue weighted by atomic mass is 9.79. The van der Waals surface area contributed by atoms with Gasteiger partial charge in [0.25, 0.3) is 11.8 Å². The van der Waals surface area contributed by atoms with Crippen LogP contribution in [0.15, 0.2) is 147 Å². The lowest BCUT2D eigenvalue weighted by molar-refractivity contribution is -0.113. The molecule has 1 aliphatic rings. The van der Waals surface area contributed by atoms with Gasteiger partial charge in [0.1, 0.15) is 11.3 Å². The molecule has 0 saturated heterocycles. The van der Waals surface area contributed by atoms with Crippen molar-refractivity contribution in [1.29, 1.82) is 0 Å². The van der Waals surface area contributed by atoms with E-state index in [0.717, 1.165) is 0 Å². The fraction of sp³-hybridized carbons (Fsp3) is 0.0833. The molecule has 0 spiro atoms. The van der Waals surface area contributed by atoms with Crippen molar-refractivity contribution in [2.75, 3.05) is 10.6 Å². The zero-order valence-electron chi connectivity index (χ0n) is 23.7. The van der Waals surface area contributed by atoms with E-state index in [1.54, 1.807) is 18.2 Å². The average molecular weight is 568 g/mol. The van der Waals surface area contributed by atoms with Gasteiger partial charge in [-0.3, -0.25) is 14.4 Å². The SMILES string of the molecule is CC1=C(C(=O)Nc2ccccc2)C(c2cccc(-c3cc(=O)c4ccccc4o3)c2)C(C(=O)Nc2ccccc2)=C(C)N1. The van der Waals surface area contributed by atoms with Crippen molar-refractivity contribution in [3.63, 3.8) is 0 Å². The second-order valence-electron chi connectivity index (χ2n) is 10.4. The van der Waals surface area contributed by atoms with Crippen LogP contribution in [-0.4, -0.2) is 11.8 Å². The van der Waals surface area contributed by atoms with Gasteiger partial charge in [0.15, 0.2) is 5.43 Å². The second kappa shape index (κ2) is 11.7. The Bertz CT molecular complexity index is 1900. The number of allylic oxidation sites excluding steroid dienone is 2. The third-order valence-corrected chi connectivity index (χ3v) is 7.45. The first-order chi connectivity index (χ1) is 20.9. The zero-order valence-corrected chi connectivity index (χ0v) is 23.7. The number of dihydropyridines is 1. The highest BCUT2D eigenvalue weighted by atomic mass is 16.3. The van der Waals surface area contributed by atoms with Gasteiger partial charge in [-0.25, -0.2) is 0 Å². The van der Waals surface area contributed by atoms with Crippen LogP contribution in [0.4, 0.5) is 11.4 Å². The summed E-state index contributed by atoms with van der Waals surface area (Å²) in [6.45, 7) is 3.66. The van der Waals surface area contributed by atoms with Crippen molar-refractivity contribution >= 4 is 34.2 Å². The highest BCUT2D eigenvalue weighted by molar-refractivity contribution is 6.12. The summed E-state index contributed by atoms with van der Waals surface area (Å²) in [4.78, 5) is 40.7. The largest absolute Gasteiger partial charge is 0.456 e. The molecule has 0 unspecified atom stereocenters. The van der Waals surface area contributed by atoms with Crippen LogP contribution in [0, 0.1) is 0 Å². The molecule has 0 fully saturated rings. The first kappa shape index (κ1) is 27.5. The lowest BCUT2D eigenvalue weighted by Crippen LogP contribution is -2.35. The van der Waals surface area contributed by atoms with Crippen molar-refractivity contribution in [3.8, 4) is 11.3 Å². The molecule has 2 heterocycles. The van der Waals surface area contributed by atoms with Crippen LogP contribution >= 0.6 is 0 Å². The van der Waals surface area contributed by atoms with E-state index >= 15 is 0 Å². The molecular weight excluding hydrogens is 538 g/mol. The van der Waals surface area contributed by atoms with E-state index in [4.69, 9.17) is 4.42 Å². The van der Waals surface area contributed by atoms with Gasteiger partial charge in [0.05, 0.1) is 5.39 Å². The van der Waals surface area contributed by atoms with Crippen molar-refractivity contribution in [1.82, 2.24) is 5.32 Å². The van der Waals surface area contributed by atoms with E-state index in [-0.39, 0.29) is 17.2 Å². The minimum absolute atomic E-state index is 0.151. The normalized spacial score (nSPS) is 13.5. The molecule has 2 amide bonds. The molecule has 1 aliphatic heterocycles. The number of nitrogens with one attached hydrogen (secondary N) is 3. The maximum Gasteiger partial charge on any atom is 0.254 e. The maximum atomic E-state index is 13.9. The first-order valence-electron chi connectivity index (χ1n) is 13.9. The Balaban J connectivity index is 1.47. The zero-order chi connectivity index (χ0) is 29.9. The van der Waals surface area contributed by atoms with Crippen LogP contribution < -0.4 is 21.4 Å². The summed E-state index contributed by atoms with van der Waals surface area (Å²) >= 11 is 0. The van der Waals surface area contributed by atoms with Crippen LogP contribution in [-0.2, 0) is 9.59 Å². The Hall–Kier alpha value is -5.69. The average Bonchev–Trinajstić information content (AvgIpc) is 3.01. The van der Waals surface area contributed by atoms with E-state index < -0.39 is 5.92 Å². The number of carbonyl (C=O) groups is 2. The summed E-state index contributed by atoms with van der Waals surface area (Å²) in [6.07, 6.45) is 0. The number of hydrogen-bond donors (Lipinski definition) is 3. The van der Waals surface area contributed by atoms with E-state index in [0.29, 0.717) is 61.8 Å². The number of para-hydroxylation sites is 3. The summed E-state index contributed by atoms with van der Waals surface area (Å²) in [6, 6.07) is 34.4. The monoisotopic (exact) mass is 567 g/mol. The van der Waals surface area contributed by atoms with Crippen LogP contribution in [0.1, 0.15) is 25.3 Å². The Morgan fingerprint density at radius 1 is 0.674 bits per heavy atom. The van der Waals surface area contributed by atoms with Crippen molar-refractivity contribution < 1.29 is 14.0 Å². The molecule has 0 bridgehead atoms. The number of fused-ring (bicyclic) bond motifs is 1. The Labute approximate surface area is 248 Å². The fourth-order valence-electron chi connectivity index (χ4n) is 5.49. The van der Waals surface area contributed by atoms with Crippen molar-refractivity contribution in [3.05, 3.63) is 154 Å². The molecule has 1 aromatic heterocycles. The number of hydrogen-bond acceptors (Lipinski definition) is 5. The minimum atomic E-state index is -0.721. The third kappa shape index (κ3) is 5.61. The van der Waals surface area contributed by atoms with Gasteiger partial charge in [-0.1, -0.05) is 66.7 Å². The molecule has 7 nitrogen and oxygen atoms in total. The van der Waals surface area contributed by atoms with Crippen LogP contribution in [0.5, 0.6) is 0 Å². The Kier molecular flexibility index (Phi) is 7.45. The molecule has 4 aromatic carbocycles. The smallest absolute Gasteiger partial charge is 0.254 e. The first-order valence-corrected chi connectivity index (χ1v) is 13.9. The minimum Gasteiger partial charge on any atom is -0.456 e. The lowest BCUT2D eigenvalue weighted by Gasteiger charge is -2.31. The van der Waals surface area contributed by atoms with E-state index in [2.05, 4.69) is 16.0 Å². The van der Waals surface area contributed by atoms with Crippen LogP contribution in [0.3, 0.4) is 0 Å². The number of anilines is 2. The van der Waals surface area contributed by atoms with Gasteiger partial charge in [-0.05, 0) is 61.9 Å². The van der Waals surface area contributed by atoms with Crippen LogP contribution in [0.25, 0.3) is 22.3 Å². The molecule has 212 valence electrons. The van der Waals surface area contributed by atoms with Gasteiger partial charge in [-0.15, -0.1) is 0 Å². The van der Waals surface area contributed by atoms with Gasteiger partial charge in [0.2, 0.25) is 0 Å². The Morgan fingerprint density at radius 2 is 1.23 bits per heavy atom. The van der Waals surface area contributed by atoms with Gasteiger partial charge in [-0.2, -0.15) is 0 Å². The topological polar surface area (TPSA) is 100 Å². The molecule has 3 N–H and O–H groups in total. The van der Waals surface area contributed by atoms with Crippen molar-refractivity contribution in [2.24, 2.45) is 0 Å². The summed E-state index contributed by atoms with van der Waals surface area (Å²) in [7, 11) is 0. The highest BCUT2D eigenvalue weighted by Crippen LogP contribution is 2.40. The van der Waals surface area contributed by atoms with Gasteiger partial charge < -0.3 is 20.4 Å². The number of rotatable bonds is 6. The Morgan fingerprint density at radius 3 is 1.84 bits per heavy atom. The fourth-order valence-corrected chi connectivity index (χ4v) is 5.49. The van der Waals surface area contributed by atoms with Crippen molar-refractivity contribution in [2.45, 2.75) is 19.8 Å². The summed E-state index contributed by atoms with van der Waals surface area (Å²) in [5.74, 6) is -0.991. The number of benzene rings is 4. The molecule has 7 heteroatoms. The number of amides is 2. The molecule has 43 heavy (non-hydrogen) atoms. The standard InChI is InChI=1S/C36H29N3O4/c1-22-32(35(41)38-26-14-5-3-6-15-26)34(33(23(2)37-22)36(42)39-27-16-7-4-8-17-27)25-13-11-12-24(20-25)31-21-29(40)28-18-9-10-19-30(28)43-31/h3-21,34,37H,1-2H3,(H,38,41)(H,39,42). The molecule has 0 atom stereocenters. The second-order valence-corrected chi connectivity index (χ2v) is 10.4. The molecule has 6 rings (SSSR count). The molecule has 0 aliphatic carbocycles. The predicted octanol–water partition coefficient (Wildman–Crippen LogP) is 6.97. The summed E-state index contributed by atoms with van der Waals surface area (Å²) in [5, 5.41) is 9.74. The maximum absolute atomic E-state index is 13.9. The molecule has 0 radical (unpaired) electrons. The van der Waals surface area contributed by atoms with Crippen LogP contribution in [0.2, 0.25) is 0 Å². The quantitative estimate of drug-likeness (QED) is 0.206. The third-order valence-electron chi connectivity index (χ3n) is 7.45. The van der Waals surface area contributed by atoms with Gasteiger partial charge >= 0.3 is 0 Å². The highest BCUT2D eigenvalue weighted by Gasteiger charge is 2.36. The van der Waals surface area contributed by atoms with E-state index in [1.165, 1.54) is 6.07 Å². The van der Waals surface area contributed by atoms with E-state index in [9.17, 15) is 14.4 Å².